The Morgan fingerprint density at radius 2 is 1.69 bits per heavy atom. The lowest BCUT2D eigenvalue weighted by Crippen LogP contribution is -2.49. The van der Waals surface area contributed by atoms with E-state index in [9.17, 15) is 14.4 Å². The third kappa shape index (κ3) is 6.43. The van der Waals surface area contributed by atoms with Gasteiger partial charge in [0.1, 0.15) is 6.54 Å². The largest absolute Gasteiger partial charge is 0.372 e. The molecule has 1 saturated heterocycles. The first-order valence-corrected chi connectivity index (χ1v) is 12.6. The summed E-state index contributed by atoms with van der Waals surface area (Å²) >= 11 is 1.43. The molecule has 3 amide bonds. The molecule has 4 rings (SSSR count). The van der Waals surface area contributed by atoms with Gasteiger partial charge in [-0.05, 0) is 38.1 Å². The number of amides is 3. The third-order valence-corrected chi connectivity index (χ3v) is 6.70. The molecule has 0 saturated carbocycles. The maximum atomic E-state index is 13.0. The number of hydrogen-bond donors (Lipinski definition) is 2. The summed E-state index contributed by atoms with van der Waals surface area (Å²) in [7, 11) is 0. The number of aromatic nitrogens is 1. The zero-order chi connectivity index (χ0) is 24.9. The fourth-order valence-electron chi connectivity index (χ4n) is 4.30. The molecule has 0 bridgehead atoms. The number of morpholine rings is 1. The zero-order valence-electron chi connectivity index (χ0n) is 20.1. The summed E-state index contributed by atoms with van der Waals surface area (Å²) in [6, 6.07) is 14.9. The lowest BCUT2D eigenvalue weighted by molar-refractivity contribution is -0.143. The van der Waals surface area contributed by atoms with Crippen LogP contribution in [-0.4, -0.2) is 58.2 Å². The average molecular weight is 495 g/mol. The van der Waals surface area contributed by atoms with Gasteiger partial charge in [-0.3, -0.25) is 14.4 Å². The molecule has 9 heteroatoms. The minimum absolute atomic E-state index is 0.0210. The molecule has 2 heterocycles. The number of nitrogens with zero attached hydrogens (tertiary/aromatic N) is 2. The van der Waals surface area contributed by atoms with E-state index in [4.69, 9.17) is 4.74 Å². The summed E-state index contributed by atoms with van der Waals surface area (Å²) in [5.41, 5.74) is 2.20. The first-order chi connectivity index (χ1) is 16.8. The Bertz CT molecular complexity index is 1230. The maximum absolute atomic E-state index is 13.0. The van der Waals surface area contributed by atoms with Crippen molar-refractivity contribution in [2.75, 3.05) is 29.5 Å². The molecule has 0 radical (unpaired) electrons. The molecule has 3 aromatic rings. The quantitative estimate of drug-likeness (QED) is 0.485. The number of carbonyl (C=O) groups excluding carboxylic acids is 3. The number of nitrogens with one attached hydrogen (secondary N) is 2. The van der Waals surface area contributed by atoms with Gasteiger partial charge in [-0.1, -0.05) is 24.3 Å². The highest BCUT2D eigenvalue weighted by Gasteiger charge is 2.26. The van der Waals surface area contributed by atoms with E-state index in [1.165, 1.54) is 18.7 Å². The van der Waals surface area contributed by atoms with E-state index in [0.29, 0.717) is 24.5 Å². The van der Waals surface area contributed by atoms with Gasteiger partial charge in [0.2, 0.25) is 17.7 Å². The van der Waals surface area contributed by atoms with E-state index in [1.54, 1.807) is 24.3 Å². The number of carbonyl (C=O) groups is 3. The molecule has 0 aliphatic carbocycles. The first-order valence-electron chi connectivity index (χ1n) is 11.6. The van der Waals surface area contributed by atoms with Gasteiger partial charge in [0.05, 0.1) is 18.0 Å². The molecule has 0 spiro atoms. The minimum Gasteiger partial charge on any atom is -0.372 e. The number of rotatable bonds is 7. The van der Waals surface area contributed by atoms with Crippen LogP contribution in [0.15, 0.2) is 59.6 Å². The van der Waals surface area contributed by atoms with Crippen LogP contribution in [0.1, 0.15) is 20.8 Å². The van der Waals surface area contributed by atoms with Crippen LogP contribution in [0, 0.1) is 0 Å². The summed E-state index contributed by atoms with van der Waals surface area (Å²) < 4.78 is 7.71. The van der Waals surface area contributed by atoms with E-state index in [1.807, 2.05) is 53.8 Å². The number of benzene rings is 2. The van der Waals surface area contributed by atoms with Crippen molar-refractivity contribution in [3.8, 4) is 0 Å². The van der Waals surface area contributed by atoms with E-state index in [0.717, 1.165) is 15.8 Å². The van der Waals surface area contributed by atoms with Gasteiger partial charge in [-0.25, -0.2) is 0 Å². The maximum Gasteiger partial charge on any atom is 0.242 e. The normalized spacial score (nSPS) is 17.9. The van der Waals surface area contributed by atoms with Crippen LogP contribution in [0.3, 0.4) is 0 Å². The van der Waals surface area contributed by atoms with Crippen molar-refractivity contribution < 1.29 is 19.1 Å². The number of para-hydroxylation sites is 1. The molecular formula is C26H30N4O4S. The minimum atomic E-state index is -0.170. The van der Waals surface area contributed by atoms with Crippen molar-refractivity contribution in [2.45, 2.75) is 44.4 Å². The number of anilines is 2. The lowest BCUT2D eigenvalue weighted by atomic mass is 10.2. The molecule has 1 aliphatic heterocycles. The second kappa shape index (κ2) is 11.0. The summed E-state index contributed by atoms with van der Waals surface area (Å²) in [5.74, 6) is -0.0537. The van der Waals surface area contributed by atoms with Gasteiger partial charge in [0.15, 0.2) is 0 Å². The van der Waals surface area contributed by atoms with Crippen molar-refractivity contribution in [2.24, 2.45) is 0 Å². The highest BCUT2D eigenvalue weighted by atomic mass is 32.2. The first kappa shape index (κ1) is 24.8. The SMILES string of the molecule is CC(=O)Nc1cccc(NC(=O)CSc2cn(CC(=O)N3CC(C)OC(C)C3)c3ccccc23)c1. The predicted octanol–water partition coefficient (Wildman–Crippen LogP) is 3.97. The van der Waals surface area contributed by atoms with Crippen LogP contribution < -0.4 is 10.6 Å². The number of fused-ring (bicyclic) bond motifs is 1. The Kier molecular flexibility index (Phi) is 7.77. The summed E-state index contributed by atoms with van der Waals surface area (Å²) in [5, 5.41) is 6.59. The van der Waals surface area contributed by atoms with Gasteiger partial charge in [0.25, 0.3) is 0 Å². The molecule has 2 aromatic carbocycles. The van der Waals surface area contributed by atoms with Crippen LogP contribution in [-0.2, 0) is 25.7 Å². The van der Waals surface area contributed by atoms with Gasteiger partial charge < -0.3 is 24.8 Å². The van der Waals surface area contributed by atoms with Gasteiger partial charge in [-0.15, -0.1) is 11.8 Å². The fourth-order valence-corrected chi connectivity index (χ4v) is 5.19. The van der Waals surface area contributed by atoms with Crippen LogP contribution in [0.4, 0.5) is 11.4 Å². The van der Waals surface area contributed by atoms with Crippen molar-refractivity contribution in [3.05, 3.63) is 54.7 Å². The Labute approximate surface area is 209 Å². The summed E-state index contributed by atoms with van der Waals surface area (Å²) in [6.45, 7) is 6.82. The molecular weight excluding hydrogens is 464 g/mol. The molecule has 2 N–H and O–H groups in total. The predicted molar refractivity (Wildman–Crippen MR) is 139 cm³/mol. The van der Waals surface area contributed by atoms with Crippen molar-refractivity contribution >= 4 is 51.8 Å². The summed E-state index contributed by atoms with van der Waals surface area (Å²) in [6.07, 6.45) is 1.99. The monoisotopic (exact) mass is 494 g/mol. The van der Waals surface area contributed by atoms with Gasteiger partial charge in [-0.2, -0.15) is 0 Å². The molecule has 1 aliphatic rings. The van der Waals surface area contributed by atoms with Crippen LogP contribution in [0.5, 0.6) is 0 Å². The van der Waals surface area contributed by atoms with Gasteiger partial charge >= 0.3 is 0 Å². The molecule has 2 atom stereocenters. The van der Waals surface area contributed by atoms with E-state index < -0.39 is 0 Å². The second-order valence-corrected chi connectivity index (χ2v) is 9.81. The average Bonchev–Trinajstić information content (AvgIpc) is 3.14. The zero-order valence-corrected chi connectivity index (χ0v) is 20.9. The number of ether oxygens (including phenoxy) is 1. The van der Waals surface area contributed by atoms with E-state index in [2.05, 4.69) is 10.6 Å². The molecule has 1 aromatic heterocycles. The second-order valence-electron chi connectivity index (χ2n) is 8.79. The molecule has 184 valence electrons. The van der Waals surface area contributed by atoms with Crippen molar-refractivity contribution in [1.29, 1.82) is 0 Å². The fraction of sp³-hybridized carbons (Fsp3) is 0.346. The standard InChI is InChI=1S/C26H30N4O4S/c1-17-12-30(13-18(2)34-17)26(33)15-29-14-24(22-9-4-5-10-23(22)29)35-16-25(32)28-21-8-6-7-20(11-21)27-19(3)31/h4-11,14,17-18H,12-13,15-16H2,1-3H3,(H,27,31)(H,28,32). The van der Waals surface area contributed by atoms with Crippen molar-refractivity contribution in [1.82, 2.24) is 9.47 Å². The van der Waals surface area contributed by atoms with Gasteiger partial charge in [0, 0.05) is 53.4 Å². The Morgan fingerprint density at radius 3 is 2.40 bits per heavy atom. The molecule has 8 nitrogen and oxygen atoms in total. The third-order valence-electron chi connectivity index (χ3n) is 5.66. The van der Waals surface area contributed by atoms with Crippen LogP contribution in [0.2, 0.25) is 0 Å². The topological polar surface area (TPSA) is 92.7 Å². The van der Waals surface area contributed by atoms with E-state index in [-0.39, 0.29) is 42.2 Å². The Balaban J connectivity index is 1.42. The van der Waals surface area contributed by atoms with Crippen LogP contribution in [0.25, 0.3) is 10.9 Å². The Morgan fingerprint density at radius 1 is 1.00 bits per heavy atom. The number of hydrogen-bond acceptors (Lipinski definition) is 5. The Hall–Kier alpha value is -3.30. The van der Waals surface area contributed by atoms with Crippen molar-refractivity contribution in [3.63, 3.8) is 0 Å². The van der Waals surface area contributed by atoms with E-state index >= 15 is 0 Å². The number of thioether (sulfide) groups is 1. The summed E-state index contributed by atoms with van der Waals surface area (Å²) in [4.78, 5) is 39.7. The molecule has 2 unspecified atom stereocenters. The highest BCUT2D eigenvalue weighted by molar-refractivity contribution is 8.00. The van der Waals surface area contributed by atoms with Crippen LogP contribution >= 0.6 is 11.8 Å². The smallest absolute Gasteiger partial charge is 0.242 e. The lowest BCUT2D eigenvalue weighted by Gasteiger charge is -2.35. The molecule has 35 heavy (non-hydrogen) atoms. The highest BCUT2D eigenvalue weighted by Crippen LogP contribution is 2.30. The molecule has 1 fully saturated rings.